The number of anilines is 2. The number of carbonyl (C=O) groups excluding carboxylic acids is 2. The first kappa shape index (κ1) is 24.5. The molecule has 9 heteroatoms. The molecule has 0 bridgehead atoms. The van der Waals surface area contributed by atoms with Gasteiger partial charge in [0.05, 0.1) is 19.1 Å². The molecule has 1 aliphatic carbocycles. The predicted octanol–water partition coefficient (Wildman–Crippen LogP) is 4.30. The van der Waals surface area contributed by atoms with Gasteiger partial charge in [-0.2, -0.15) is 0 Å². The van der Waals surface area contributed by atoms with Crippen LogP contribution in [0, 0.1) is 5.82 Å². The van der Waals surface area contributed by atoms with E-state index in [9.17, 15) is 19.1 Å². The molecular formula is C27H32FN3O5. The third kappa shape index (κ3) is 5.63. The van der Waals surface area contributed by atoms with Crippen molar-refractivity contribution < 1.29 is 28.6 Å². The van der Waals surface area contributed by atoms with Gasteiger partial charge in [0, 0.05) is 28.9 Å². The molecule has 3 aliphatic rings. The third-order valence-corrected chi connectivity index (χ3v) is 7.24. The average molecular weight is 498 g/mol. The van der Waals surface area contributed by atoms with E-state index in [4.69, 9.17) is 9.47 Å². The fourth-order valence-corrected chi connectivity index (χ4v) is 5.53. The van der Waals surface area contributed by atoms with Gasteiger partial charge in [-0.1, -0.05) is 19.3 Å². The second-order valence-electron chi connectivity index (χ2n) is 9.85. The quantitative estimate of drug-likeness (QED) is 0.476. The summed E-state index contributed by atoms with van der Waals surface area (Å²) in [5.41, 5.74) is 1.97. The first-order valence-corrected chi connectivity index (χ1v) is 12.7. The Morgan fingerprint density at radius 1 is 1.00 bits per heavy atom. The first-order chi connectivity index (χ1) is 17.5. The van der Waals surface area contributed by atoms with Crippen molar-refractivity contribution in [2.75, 3.05) is 17.2 Å². The van der Waals surface area contributed by atoms with Gasteiger partial charge < -0.3 is 30.5 Å². The van der Waals surface area contributed by atoms with E-state index in [0.717, 1.165) is 31.2 Å². The van der Waals surface area contributed by atoms with Crippen LogP contribution in [0.15, 0.2) is 42.5 Å². The van der Waals surface area contributed by atoms with Crippen LogP contribution in [0.2, 0.25) is 0 Å². The number of benzene rings is 2. The summed E-state index contributed by atoms with van der Waals surface area (Å²) in [6, 6.07) is 10.7. The van der Waals surface area contributed by atoms with E-state index in [0.29, 0.717) is 23.5 Å². The smallest absolute Gasteiger partial charge is 0.323 e. The largest absolute Gasteiger partial charge is 0.487 e. The van der Waals surface area contributed by atoms with Crippen LogP contribution in [-0.2, 0) is 9.53 Å². The number of nitrogens with one attached hydrogen (secondary N) is 3. The Morgan fingerprint density at radius 2 is 1.72 bits per heavy atom. The Kier molecular flexibility index (Phi) is 7.38. The van der Waals surface area contributed by atoms with Crippen LogP contribution in [0.1, 0.15) is 56.4 Å². The van der Waals surface area contributed by atoms with Crippen molar-refractivity contribution in [2.24, 2.45) is 0 Å². The number of halogens is 1. The minimum atomic E-state index is -0.540. The maximum atomic E-state index is 13.1. The van der Waals surface area contributed by atoms with E-state index in [2.05, 4.69) is 16.0 Å². The van der Waals surface area contributed by atoms with Gasteiger partial charge in [0.25, 0.3) is 0 Å². The summed E-state index contributed by atoms with van der Waals surface area (Å²) in [6.45, 7) is -0.207. The minimum Gasteiger partial charge on any atom is -0.487 e. The van der Waals surface area contributed by atoms with Gasteiger partial charge in [0.15, 0.2) is 0 Å². The molecular weight excluding hydrogens is 465 g/mol. The molecule has 4 N–H and O–H groups in total. The zero-order valence-electron chi connectivity index (χ0n) is 20.0. The summed E-state index contributed by atoms with van der Waals surface area (Å²) in [7, 11) is 0. The minimum absolute atomic E-state index is 0.0194. The Labute approximate surface area is 209 Å². The number of urea groups is 1. The number of rotatable bonds is 6. The van der Waals surface area contributed by atoms with Gasteiger partial charge in [-0.15, -0.1) is 0 Å². The lowest BCUT2D eigenvalue weighted by molar-refractivity contribution is -0.142. The van der Waals surface area contributed by atoms with Gasteiger partial charge in [0.1, 0.15) is 23.8 Å². The Hall–Kier alpha value is -3.17. The van der Waals surface area contributed by atoms with Crippen LogP contribution in [-0.4, -0.2) is 48.0 Å². The maximum Gasteiger partial charge on any atom is 0.323 e. The fraction of sp³-hybridized carbons (Fsp3) is 0.481. The van der Waals surface area contributed by atoms with Gasteiger partial charge in [-0.25, -0.2) is 9.18 Å². The Balaban J connectivity index is 1.24. The molecule has 4 atom stereocenters. The lowest BCUT2D eigenvalue weighted by Gasteiger charge is -2.37. The molecule has 5 rings (SSSR count). The van der Waals surface area contributed by atoms with E-state index >= 15 is 0 Å². The van der Waals surface area contributed by atoms with Crippen molar-refractivity contribution in [1.29, 1.82) is 0 Å². The summed E-state index contributed by atoms with van der Waals surface area (Å²) < 4.78 is 25.3. The molecule has 2 fully saturated rings. The number of ether oxygens (including phenoxy) is 2. The van der Waals surface area contributed by atoms with Crippen molar-refractivity contribution in [2.45, 2.75) is 75.2 Å². The molecule has 2 aromatic carbocycles. The van der Waals surface area contributed by atoms with Crippen molar-refractivity contribution in [3.05, 3.63) is 53.8 Å². The Bertz CT molecular complexity index is 1090. The second-order valence-corrected chi connectivity index (χ2v) is 9.85. The van der Waals surface area contributed by atoms with Crippen LogP contribution >= 0.6 is 0 Å². The third-order valence-electron chi connectivity index (χ3n) is 7.24. The van der Waals surface area contributed by atoms with Crippen LogP contribution in [0.5, 0.6) is 5.75 Å². The van der Waals surface area contributed by atoms with E-state index in [1.807, 2.05) is 6.07 Å². The molecule has 0 unspecified atom stereocenters. The van der Waals surface area contributed by atoms with Crippen LogP contribution in [0.4, 0.5) is 20.6 Å². The molecule has 2 aliphatic heterocycles. The van der Waals surface area contributed by atoms with Gasteiger partial charge >= 0.3 is 6.03 Å². The monoisotopic (exact) mass is 497 g/mol. The predicted molar refractivity (Wildman–Crippen MR) is 133 cm³/mol. The molecule has 0 radical (unpaired) electrons. The van der Waals surface area contributed by atoms with E-state index < -0.39 is 12.1 Å². The summed E-state index contributed by atoms with van der Waals surface area (Å²) in [6.07, 6.45) is 5.15. The van der Waals surface area contributed by atoms with Crippen LogP contribution < -0.4 is 20.7 Å². The van der Waals surface area contributed by atoms with Crippen molar-refractivity contribution in [3.8, 4) is 5.75 Å². The van der Waals surface area contributed by atoms with E-state index in [1.165, 1.54) is 30.7 Å². The summed E-state index contributed by atoms with van der Waals surface area (Å²) >= 11 is 0. The molecule has 0 spiro atoms. The molecule has 3 amide bonds. The highest BCUT2D eigenvalue weighted by molar-refractivity contribution is 5.99. The zero-order valence-corrected chi connectivity index (χ0v) is 20.0. The van der Waals surface area contributed by atoms with Crippen molar-refractivity contribution in [1.82, 2.24) is 5.32 Å². The van der Waals surface area contributed by atoms with E-state index in [1.54, 1.807) is 12.1 Å². The summed E-state index contributed by atoms with van der Waals surface area (Å²) in [5, 5.41) is 18.6. The topological polar surface area (TPSA) is 109 Å². The highest BCUT2D eigenvalue weighted by Gasteiger charge is 2.46. The number of amides is 3. The second kappa shape index (κ2) is 10.8. The number of carbonyl (C=O) groups is 2. The van der Waals surface area contributed by atoms with Crippen LogP contribution in [0.25, 0.3) is 0 Å². The van der Waals surface area contributed by atoms with Crippen molar-refractivity contribution >= 4 is 23.3 Å². The molecule has 1 saturated carbocycles. The summed E-state index contributed by atoms with van der Waals surface area (Å²) in [5.74, 6) is 0.217. The van der Waals surface area contributed by atoms with Gasteiger partial charge in [-0.05, 0) is 61.7 Å². The highest BCUT2D eigenvalue weighted by atomic mass is 19.1. The molecule has 2 aromatic rings. The molecule has 192 valence electrons. The lowest BCUT2D eigenvalue weighted by atomic mass is 9.84. The van der Waals surface area contributed by atoms with Gasteiger partial charge in [-0.3, -0.25) is 4.79 Å². The molecule has 0 aromatic heterocycles. The normalized spacial score (nSPS) is 25.3. The molecule has 2 heterocycles. The number of fused-ring (bicyclic) bond motifs is 3. The van der Waals surface area contributed by atoms with Crippen LogP contribution in [0.3, 0.4) is 0 Å². The first-order valence-electron chi connectivity index (χ1n) is 12.7. The lowest BCUT2D eigenvalue weighted by Crippen LogP contribution is -2.48. The zero-order chi connectivity index (χ0) is 25.1. The maximum absolute atomic E-state index is 13.1. The average Bonchev–Trinajstić information content (AvgIpc) is 3.23. The van der Waals surface area contributed by atoms with Gasteiger partial charge in [0.2, 0.25) is 5.91 Å². The number of aliphatic hydroxyl groups excluding tert-OH is 1. The number of hydrogen-bond donors (Lipinski definition) is 4. The summed E-state index contributed by atoms with van der Waals surface area (Å²) in [4.78, 5) is 25.1. The molecule has 1 saturated heterocycles. The Morgan fingerprint density at radius 3 is 2.47 bits per heavy atom. The standard InChI is InChI=1S/C27H32FN3O5/c28-16-6-8-18(9-7-16)30-27(34)31-19-10-11-23-21(12-19)22-13-20(35-24(15-32)26(22)36-23)14-25(33)29-17-4-2-1-3-5-17/h6-12,17,20,22,24,26,32H,1-5,13-15H2,(H,29,33)(H2,30,31,34)/t20-,22-,24+,26+/m1/s1. The van der Waals surface area contributed by atoms with Crippen molar-refractivity contribution in [3.63, 3.8) is 0 Å². The SMILES string of the molecule is O=C(C[C@H]1C[C@@H]2c3cc(NC(=O)Nc4ccc(F)cc4)ccc3O[C@@H]2[C@H](CO)O1)NC1CCCCC1. The number of aliphatic hydroxyl groups is 1. The molecule has 36 heavy (non-hydrogen) atoms. The highest BCUT2D eigenvalue weighted by Crippen LogP contribution is 2.47. The molecule has 8 nitrogen and oxygen atoms in total. The fourth-order valence-electron chi connectivity index (χ4n) is 5.53. The number of hydrogen-bond acceptors (Lipinski definition) is 5. The van der Waals surface area contributed by atoms with E-state index in [-0.39, 0.29) is 48.9 Å².